The molecule has 3 nitrogen and oxygen atoms in total. The van der Waals surface area contributed by atoms with Crippen LogP contribution in [0.4, 0.5) is 0 Å². The summed E-state index contributed by atoms with van der Waals surface area (Å²) in [6, 6.07) is 11.2. The fourth-order valence-corrected chi connectivity index (χ4v) is 2.33. The number of ether oxygens (including phenoxy) is 2. The van der Waals surface area contributed by atoms with Crippen LogP contribution in [-0.2, 0) is 13.2 Å². The van der Waals surface area contributed by atoms with Crippen molar-refractivity contribution in [2.45, 2.75) is 20.1 Å². The second kappa shape index (κ2) is 8.28. The van der Waals surface area contributed by atoms with Crippen LogP contribution >= 0.6 is 23.2 Å². The van der Waals surface area contributed by atoms with Gasteiger partial charge in [0.1, 0.15) is 6.61 Å². The first-order valence-corrected chi connectivity index (χ1v) is 7.84. The minimum Gasteiger partial charge on any atom is -0.493 e. The summed E-state index contributed by atoms with van der Waals surface area (Å²) in [5, 5.41) is 4.61. The number of benzene rings is 2. The van der Waals surface area contributed by atoms with E-state index in [0.29, 0.717) is 34.7 Å². The molecule has 0 unspecified atom stereocenters. The Labute approximate surface area is 141 Å². The minimum atomic E-state index is 0.427. The molecule has 0 spiro atoms. The Bertz CT molecular complexity index is 615. The average molecular weight is 340 g/mol. The van der Waals surface area contributed by atoms with Gasteiger partial charge in [0, 0.05) is 22.7 Å². The van der Waals surface area contributed by atoms with Crippen LogP contribution in [0.5, 0.6) is 11.5 Å². The quantitative estimate of drug-likeness (QED) is 0.793. The van der Waals surface area contributed by atoms with Crippen molar-refractivity contribution < 1.29 is 9.47 Å². The highest BCUT2D eigenvalue weighted by atomic mass is 35.5. The lowest BCUT2D eigenvalue weighted by Gasteiger charge is -2.14. The lowest BCUT2D eigenvalue weighted by Crippen LogP contribution is -2.12. The topological polar surface area (TPSA) is 30.5 Å². The maximum Gasteiger partial charge on any atom is 0.163 e. The SMILES string of the molecule is CCNCc1cc(OC)c(OCc2ccc(Cl)cc2)cc1Cl. The first-order valence-electron chi connectivity index (χ1n) is 7.08. The van der Waals surface area contributed by atoms with Crippen molar-refractivity contribution in [3.63, 3.8) is 0 Å². The summed E-state index contributed by atoms with van der Waals surface area (Å²) in [5.41, 5.74) is 2.01. The third kappa shape index (κ3) is 4.54. The van der Waals surface area contributed by atoms with Gasteiger partial charge in [0.2, 0.25) is 0 Å². The molecule has 0 bridgehead atoms. The minimum absolute atomic E-state index is 0.427. The third-order valence-electron chi connectivity index (χ3n) is 3.21. The van der Waals surface area contributed by atoms with Gasteiger partial charge in [-0.3, -0.25) is 0 Å². The lowest BCUT2D eigenvalue weighted by molar-refractivity contribution is 0.284. The van der Waals surface area contributed by atoms with E-state index in [9.17, 15) is 0 Å². The van der Waals surface area contributed by atoms with E-state index in [-0.39, 0.29) is 0 Å². The summed E-state index contributed by atoms with van der Waals surface area (Å²) in [7, 11) is 1.62. The highest BCUT2D eigenvalue weighted by molar-refractivity contribution is 6.31. The van der Waals surface area contributed by atoms with Gasteiger partial charge < -0.3 is 14.8 Å². The van der Waals surface area contributed by atoms with Gasteiger partial charge in [0.05, 0.1) is 7.11 Å². The lowest BCUT2D eigenvalue weighted by atomic mass is 10.2. The van der Waals surface area contributed by atoms with E-state index in [1.807, 2.05) is 30.3 Å². The average Bonchev–Trinajstić information content (AvgIpc) is 2.53. The molecule has 22 heavy (non-hydrogen) atoms. The number of halogens is 2. The molecule has 2 aromatic rings. The largest absolute Gasteiger partial charge is 0.493 e. The Balaban J connectivity index is 2.12. The van der Waals surface area contributed by atoms with Crippen LogP contribution in [0.15, 0.2) is 36.4 Å². The highest BCUT2D eigenvalue weighted by Crippen LogP contribution is 2.34. The van der Waals surface area contributed by atoms with E-state index < -0.39 is 0 Å². The van der Waals surface area contributed by atoms with Gasteiger partial charge in [-0.05, 0) is 35.9 Å². The van der Waals surface area contributed by atoms with Gasteiger partial charge in [-0.25, -0.2) is 0 Å². The van der Waals surface area contributed by atoms with E-state index >= 15 is 0 Å². The molecule has 2 rings (SSSR count). The second-order valence-corrected chi connectivity index (χ2v) is 5.63. The Kier molecular flexibility index (Phi) is 6.37. The number of nitrogens with one attached hydrogen (secondary N) is 1. The zero-order chi connectivity index (χ0) is 15.9. The van der Waals surface area contributed by atoms with Crippen LogP contribution in [0.3, 0.4) is 0 Å². The smallest absolute Gasteiger partial charge is 0.163 e. The summed E-state index contributed by atoms with van der Waals surface area (Å²) in [5.74, 6) is 1.30. The highest BCUT2D eigenvalue weighted by Gasteiger charge is 2.10. The van der Waals surface area contributed by atoms with Crippen LogP contribution in [0.1, 0.15) is 18.1 Å². The fourth-order valence-electron chi connectivity index (χ4n) is 1.99. The molecule has 0 aliphatic rings. The molecule has 0 radical (unpaired) electrons. The molecule has 0 heterocycles. The van der Waals surface area contributed by atoms with E-state index in [1.54, 1.807) is 13.2 Å². The molecule has 0 saturated heterocycles. The number of hydrogen-bond donors (Lipinski definition) is 1. The van der Waals surface area contributed by atoms with Gasteiger partial charge in [-0.1, -0.05) is 42.3 Å². The van der Waals surface area contributed by atoms with E-state index in [2.05, 4.69) is 12.2 Å². The zero-order valence-corrected chi connectivity index (χ0v) is 14.2. The normalized spacial score (nSPS) is 10.5. The molecule has 0 fully saturated rings. The second-order valence-electron chi connectivity index (χ2n) is 4.79. The Morgan fingerprint density at radius 3 is 2.41 bits per heavy atom. The summed E-state index contributed by atoms with van der Waals surface area (Å²) in [4.78, 5) is 0. The van der Waals surface area contributed by atoms with Crippen LogP contribution in [0.25, 0.3) is 0 Å². The van der Waals surface area contributed by atoms with E-state index in [4.69, 9.17) is 32.7 Å². The van der Waals surface area contributed by atoms with E-state index in [0.717, 1.165) is 17.7 Å². The van der Waals surface area contributed by atoms with Crippen molar-refractivity contribution in [1.29, 1.82) is 0 Å². The summed E-state index contributed by atoms with van der Waals surface area (Å²) in [6.45, 7) is 4.06. The van der Waals surface area contributed by atoms with Crippen molar-refractivity contribution in [2.24, 2.45) is 0 Å². The van der Waals surface area contributed by atoms with Crippen molar-refractivity contribution in [3.8, 4) is 11.5 Å². The van der Waals surface area contributed by atoms with Crippen molar-refractivity contribution in [2.75, 3.05) is 13.7 Å². The van der Waals surface area contributed by atoms with Crippen molar-refractivity contribution in [1.82, 2.24) is 5.32 Å². The molecule has 0 amide bonds. The van der Waals surface area contributed by atoms with Crippen LogP contribution in [0, 0.1) is 0 Å². The van der Waals surface area contributed by atoms with E-state index in [1.165, 1.54) is 0 Å². The molecule has 0 aliphatic heterocycles. The first-order chi connectivity index (χ1) is 10.6. The van der Waals surface area contributed by atoms with Gasteiger partial charge >= 0.3 is 0 Å². The molecule has 0 atom stereocenters. The molecular weight excluding hydrogens is 321 g/mol. The van der Waals surface area contributed by atoms with Gasteiger partial charge in [-0.2, -0.15) is 0 Å². The molecule has 118 valence electrons. The van der Waals surface area contributed by atoms with Crippen LogP contribution in [0.2, 0.25) is 10.0 Å². The molecule has 0 aliphatic carbocycles. The summed E-state index contributed by atoms with van der Waals surface area (Å²) >= 11 is 12.2. The Morgan fingerprint density at radius 2 is 1.77 bits per heavy atom. The predicted octanol–water partition coefficient (Wildman–Crippen LogP) is 4.69. The molecule has 2 aromatic carbocycles. The van der Waals surface area contributed by atoms with Crippen molar-refractivity contribution >= 4 is 23.2 Å². The van der Waals surface area contributed by atoms with Crippen LogP contribution in [-0.4, -0.2) is 13.7 Å². The Morgan fingerprint density at radius 1 is 1.05 bits per heavy atom. The molecule has 1 N–H and O–H groups in total. The number of methoxy groups -OCH3 is 1. The first kappa shape index (κ1) is 16.9. The fraction of sp³-hybridized carbons (Fsp3) is 0.294. The molecular formula is C17H19Cl2NO2. The number of hydrogen-bond acceptors (Lipinski definition) is 3. The monoisotopic (exact) mass is 339 g/mol. The van der Waals surface area contributed by atoms with Gasteiger partial charge in [0.15, 0.2) is 11.5 Å². The van der Waals surface area contributed by atoms with Crippen molar-refractivity contribution in [3.05, 3.63) is 57.6 Å². The number of rotatable bonds is 7. The molecule has 0 saturated carbocycles. The molecule has 0 aromatic heterocycles. The van der Waals surface area contributed by atoms with Crippen LogP contribution < -0.4 is 14.8 Å². The maximum absolute atomic E-state index is 6.30. The summed E-state index contributed by atoms with van der Waals surface area (Å²) in [6.07, 6.45) is 0. The predicted molar refractivity (Wildman–Crippen MR) is 91.2 cm³/mol. The standard InChI is InChI=1S/C17H19Cl2NO2/c1-3-20-10-13-8-16(21-2)17(9-15(13)19)22-11-12-4-6-14(18)7-5-12/h4-9,20H,3,10-11H2,1-2H3. The van der Waals surface area contributed by atoms with Gasteiger partial charge in [0.25, 0.3) is 0 Å². The van der Waals surface area contributed by atoms with Gasteiger partial charge in [-0.15, -0.1) is 0 Å². The maximum atomic E-state index is 6.30. The molecule has 5 heteroatoms. The third-order valence-corrected chi connectivity index (χ3v) is 3.81. The Hall–Kier alpha value is -1.42. The zero-order valence-electron chi connectivity index (χ0n) is 12.7. The summed E-state index contributed by atoms with van der Waals surface area (Å²) < 4.78 is 11.2.